The van der Waals surface area contributed by atoms with E-state index in [0.29, 0.717) is 5.56 Å². The summed E-state index contributed by atoms with van der Waals surface area (Å²) in [7, 11) is 0. The van der Waals surface area contributed by atoms with E-state index in [9.17, 15) is 9.65 Å². The Morgan fingerprint density at radius 1 is 1.10 bits per heavy atom. The van der Waals surface area contributed by atoms with Crippen molar-refractivity contribution >= 4 is 56.0 Å². The first-order valence-electron chi connectivity index (χ1n) is 9.30. The minimum absolute atomic E-state index is 0.264. The molecule has 3 aromatic heterocycles. The second-order valence-corrected chi connectivity index (χ2v) is 7.88. The highest BCUT2D eigenvalue weighted by Crippen LogP contribution is 2.35. The van der Waals surface area contributed by atoms with E-state index < -0.39 is 0 Å². The number of anilines is 2. The number of thiophene rings is 1. The van der Waals surface area contributed by atoms with Crippen molar-refractivity contribution in [1.82, 2.24) is 9.97 Å². The quantitative estimate of drug-likeness (QED) is 0.346. The summed E-state index contributed by atoms with van der Waals surface area (Å²) in [4.78, 5) is 9.43. The number of aromatic nitrogens is 2. The van der Waals surface area contributed by atoms with Gasteiger partial charge in [0.15, 0.2) is 0 Å². The van der Waals surface area contributed by atoms with Gasteiger partial charge >= 0.3 is 0 Å². The van der Waals surface area contributed by atoms with Crippen LogP contribution in [0, 0.1) is 17.1 Å². The average molecular weight is 410 g/mol. The molecule has 2 aromatic carbocycles. The van der Waals surface area contributed by atoms with Crippen LogP contribution in [-0.2, 0) is 0 Å². The summed E-state index contributed by atoms with van der Waals surface area (Å²) in [5.41, 5.74) is 3.96. The van der Waals surface area contributed by atoms with Crippen molar-refractivity contribution in [3.8, 4) is 6.07 Å². The largest absolute Gasteiger partial charge is 0.361 e. The maximum Gasteiger partial charge on any atom is 0.125 e. The van der Waals surface area contributed by atoms with Crippen LogP contribution in [0.4, 0.5) is 15.8 Å². The number of nitrogens with one attached hydrogen (secondary N) is 2. The zero-order valence-electron chi connectivity index (χ0n) is 15.7. The minimum Gasteiger partial charge on any atom is -0.361 e. The van der Waals surface area contributed by atoms with Gasteiger partial charge in [-0.15, -0.1) is 11.3 Å². The molecular formula is C24H15FN4S. The molecule has 0 atom stereocenters. The molecule has 0 aliphatic heterocycles. The van der Waals surface area contributed by atoms with E-state index in [-0.39, 0.29) is 5.82 Å². The van der Waals surface area contributed by atoms with E-state index in [0.717, 1.165) is 42.9 Å². The lowest BCUT2D eigenvalue weighted by Gasteiger charge is -2.09. The first-order chi connectivity index (χ1) is 14.7. The van der Waals surface area contributed by atoms with Crippen LogP contribution in [0.2, 0.25) is 0 Å². The highest BCUT2D eigenvalue weighted by molar-refractivity contribution is 7.19. The predicted octanol–water partition coefficient (Wildman–Crippen LogP) is 6.70. The average Bonchev–Trinajstić information content (AvgIpc) is 3.39. The first-order valence-corrected chi connectivity index (χ1v) is 10.1. The molecule has 0 fully saturated rings. The van der Waals surface area contributed by atoms with Gasteiger partial charge in [-0.2, -0.15) is 5.26 Å². The number of benzene rings is 2. The Labute approximate surface area is 175 Å². The lowest BCUT2D eigenvalue weighted by molar-refractivity contribution is 0.627. The number of rotatable bonds is 4. The Bertz CT molecular complexity index is 1460. The number of hydrogen-bond donors (Lipinski definition) is 2. The third-order valence-corrected chi connectivity index (χ3v) is 5.82. The van der Waals surface area contributed by atoms with Gasteiger partial charge in [-0.25, -0.2) is 9.37 Å². The standard InChI is InChI=1S/C24H15FN4S/c25-18-3-1-2-15(10-18)4-6-20-12-21-23(17(13-26)14-28-24(21)30-20)29-19-5-7-22-16(11-19)8-9-27-22/h1-12,14,27H,(H,28,29)/b6-4+. The third-order valence-electron chi connectivity index (χ3n) is 4.81. The summed E-state index contributed by atoms with van der Waals surface area (Å²) >= 11 is 1.52. The van der Waals surface area contributed by atoms with Crippen molar-refractivity contribution in [2.45, 2.75) is 0 Å². The third kappa shape index (κ3) is 3.43. The van der Waals surface area contributed by atoms with Crippen LogP contribution in [0.1, 0.15) is 16.0 Å². The summed E-state index contributed by atoms with van der Waals surface area (Å²) in [6.45, 7) is 0. The lowest BCUT2D eigenvalue weighted by atomic mass is 10.1. The van der Waals surface area contributed by atoms with E-state index in [1.54, 1.807) is 12.3 Å². The van der Waals surface area contributed by atoms with Crippen LogP contribution < -0.4 is 5.32 Å². The van der Waals surface area contributed by atoms with E-state index >= 15 is 0 Å². The van der Waals surface area contributed by atoms with Gasteiger partial charge in [0.25, 0.3) is 0 Å². The molecule has 30 heavy (non-hydrogen) atoms. The van der Waals surface area contributed by atoms with Gasteiger partial charge in [-0.1, -0.05) is 18.2 Å². The van der Waals surface area contributed by atoms with Gasteiger partial charge in [0.1, 0.15) is 16.7 Å². The van der Waals surface area contributed by atoms with E-state index in [1.165, 1.54) is 23.5 Å². The van der Waals surface area contributed by atoms with Crippen LogP contribution >= 0.6 is 11.3 Å². The fourth-order valence-electron chi connectivity index (χ4n) is 3.37. The molecule has 0 saturated carbocycles. The zero-order valence-corrected chi connectivity index (χ0v) is 16.5. The molecule has 0 saturated heterocycles. The SMILES string of the molecule is N#Cc1cnc2sc(/C=C/c3cccc(F)c3)cc2c1Nc1ccc2[nH]ccc2c1. The number of hydrogen-bond acceptors (Lipinski definition) is 4. The number of aromatic amines is 1. The lowest BCUT2D eigenvalue weighted by Crippen LogP contribution is -1.95. The van der Waals surface area contributed by atoms with Crippen molar-refractivity contribution in [3.05, 3.63) is 88.8 Å². The predicted molar refractivity (Wildman–Crippen MR) is 121 cm³/mol. The normalized spacial score (nSPS) is 11.3. The molecule has 0 unspecified atom stereocenters. The fraction of sp³-hybridized carbons (Fsp3) is 0. The van der Waals surface area contributed by atoms with E-state index in [2.05, 4.69) is 21.4 Å². The van der Waals surface area contributed by atoms with Crippen molar-refractivity contribution < 1.29 is 4.39 Å². The van der Waals surface area contributed by atoms with Crippen molar-refractivity contribution in [2.75, 3.05) is 5.32 Å². The molecule has 0 radical (unpaired) electrons. The second-order valence-electron chi connectivity index (χ2n) is 6.82. The van der Waals surface area contributed by atoms with E-state index in [1.807, 2.05) is 54.7 Å². The second kappa shape index (κ2) is 7.47. The highest BCUT2D eigenvalue weighted by atomic mass is 32.1. The number of halogens is 1. The summed E-state index contributed by atoms with van der Waals surface area (Å²) < 4.78 is 13.4. The van der Waals surface area contributed by atoms with Gasteiger partial charge in [-0.3, -0.25) is 0 Å². The van der Waals surface area contributed by atoms with Gasteiger partial charge in [0, 0.05) is 39.2 Å². The van der Waals surface area contributed by atoms with Crippen molar-refractivity contribution in [2.24, 2.45) is 0 Å². The number of nitrogens with zero attached hydrogens (tertiary/aromatic N) is 2. The summed E-state index contributed by atoms with van der Waals surface area (Å²) in [5.74, 6) is -0.264. The Morgan fingerprint density at radius 2 is 2.03 bits per heavy atom. The Morgan fingerprint density at radius 3 is 2.90 bits per heavy atom. The fourth-order valence-corrected chi connectivity index (χ4v) is 4.29. The highest BCUT2D eigenvalue weighted by Gasteiger charge is 2.12. The van der Waals surface area contributed by atoms with E-state index in [4.69, 9.17) is 0 Å². The molecule has 0 aliphatic carbocycles. The molecule has 0 aliphatic rings. The molecule has 5 rings (SSSR count). The summed E-state index contributed by atoms with van der Waals surface area (Å²) in [6.07, 6.45) is 7.29. The van der Waals surface area contributed by atoms with Crippen LogP contribution in [0.25, 0.3) is 33.3 Å². The minimum atomic E-state index is -0.264. The zero-order chi connectivity index (χ0) is 20.5. The summed E-state index contributed by atoms with van der Waals surface area (Å²) in [6, 6.07) is 18.7. The molecular weight excluding hydrogens is 395 g/mol. The smallest absolute Gasteiger partial charge is 0.125 e. The Hall–Kier alpha value is -3.95. The maximum atomic E-state index is 13.4. The molecule has 5 aromatic rings. The van der Waals surface area contributed by atoms with Crippen LogP contribution in [0.15, 0.2) is 67.0 Å². The molecule has 3 heterocycles. The Balaban J connectivity index is 1.54. The maximum absolute atomic E-state index is 13.4. The van der Waals surface area contributed by atoms with Crippen LogP contribution in [-0.4, -0.2) is 9.97 Å². The van der Waals surface area contributed by atoms with Crippen molar-refractivity contribution in [1.29, 1.82) is 5.26 Å². The molecule has 144 valence electrons. The number of fused-ring (bicyclic) bond motifs is 2. The van der Waals surface area contributed by atoms with Crippen LogP contribution in [0.3, 0.4) is 0 Å². The summed E-state index contributed by atoms with van der Waals surface area (Å²) in [5, 5.41) is 15.0. The molecule has 4 nitrogen and oxygen atoms in total. The van der Waals surface area contributed by atoms with Crippen LogP contribution in [0.5, 0.6) is 0 Å². The number of H-pyrrole nitrogens is 1. The van der Waals surface area contributed by atoms with Gasteiger partial charge < -0.3 is 10.3 Å². The molecule has 2 N–H and O–H groups in total. The monoisotopic (exact) mass is 410 g/mol. The molecule has 6 heteroatoms. The molecule has 0 spiro atoms. The molecule has 0 amide bonds. The molecule has 0 bridgehead atoms. The topological polar surface area (TPSA) is 64.5 Å². The number of nitriles is 1. The number of pyridine rings is 1. The van der Waals surface area contributed by atoms with Crippen molar-refractivity contribution in [3.63, 3.8) is 0 Å². The van der Waals surface area contributed by atoms with Gasteiger partial charge in [0.2, 0.25) is 0 Å². The Kier molecular flexibility index (Phi) is 4.51. The first kappa shape index (κ1) is 18.1. The van der Waals surface area contributed by atoms with Gasteiger partial charge in [-0.05, 0) is 54.1 Å². The van der Waals surface area contributed by atoms with Gasteiger partial charge in [0.05, 0.1) is 11.3 Å².